The molecule has 0 atom stereocenters. The van der Waals surface area contributed by atoms with Crippen molar-refractivity contribution < 1.29 is 67.2 Å². The average molecular weight is 302 g/mol. The number of hydrogen-bond donors (Lipinski definition) is 0. The van der Waals surface area contributed by atoms with Crippen molar-refractivity contribution in [1.82, 2.24) is 0 Å². The second-order valence-corrected chi connectivity index (χ2v) is 1.22. The molecule has 0 unspecified atom stereocenters. The van der Waals surface area contributed by atoms with Crippen molar-refractivity contribution in [2.24, 2.45) is 0 Å². The van der Waals surface area contributed by atoms with Crippen LogP contribution in [0.25, 0.3) is 0 Å². The van der Waals surface area contributed by atoms with E-state index in [1.54, 1.807) is 0 Å². The van der Waals surface area contributed by atoms with Gasteiger partial charge in [0.25, 0.3) is 0 Å². The number of rotatable bonds is 0. The van der Waals surface area contributed by atoms with Gasteiger partial charge in [-0.2, -0.15) is 0 Å². The summed E-state index contributed by atoms with van der Waals surface area (Å²) in [6.45, 7) is 0. The fourth-order valence-corrected chi connectivity index (χ4v) is 0. The Morgan fingerprint density at radius 3 is 0.692 bits per heavy atom. The Balaban J connectivity index is -0.00000000286. The van der Waals surface area contributed by atoms with E-state index in [4.69, 9.17) is 17.5 Å². The van der Waals surface area contributed by atoms with Crippen molar-refractivity contribution in [3.8, 4) is 0 Å². The van der Waals surface area contributed by atoms with Crippen LogP contribution in [0.3, 0.4) is 0 Å². The Morgan fingerprint density at radius 1 is 0.692 bits per heavy atom. The second kappa shape index (κ2) is 37.2. The van der Waals surface area contributed by atoms with Crippen LogP contribution in [0.5, 0.6) is 0 Å². The smallest absolute Gasteiger partial charge is 0.759 e. The first-order valence-electron chi connectivity index (χ1n) is 0.667. The van der Waals surface area contributed by atoms with Gasteiger partial charge in [0, 0.05) is 61.8 Å². The van der Waals surface area contributed by atoms with Crippen LogP contribution in [0.1, 0.15) is 0 Å². The van der Waals surface area contributed by atoms with Gasteiger partial charge in [-0.1, -0.05) is 0 Å². The zero-order chi connectivity index (χ0) is 4.50. The van der Waals surface area contributed by atoms with E-state index in [0.29, 0.717) is 0 Å². The van der Waals surface area contributed by atoms with Gasteiger partial charge >= 0.3 is 16.8 Å². The molecule has 0 aromatic carbocycles. The normalized spacial score (nSPS) is 4.46. The van der Waals surface area contributed by atoms with Gasteiger partial charge in [0.2, 0.25) is 0 Å². The minimum absolute atomic E-state index is 0. The second-order valence-electron chi connectivity index (χ2n) is 0.408. The fourth-order valence-electron chi connectivity index (χ4n) is 0. The molecule has 2 radical (unpaired) electrons. The maximum atomic E-state index is 8.52. The first kappa shape index (κ1) is 84.1. The Bertz CT molecular complexity index is 98.1. The van der Waals surface area contributed by atoms with E-state index in [1.165, 1.54) is 0 Å². The van der Waals surface area contributed by atoms with E-state index in [0.717, 1.165) is 0 Å². The molecule has 0 heterocycles. The van der Waals surface area contributed by atoms with Gasteiger partial charge in [0.15, 0.2) is 0 Å². The monoisotopic (exact) mass is 302 g/mol. The van der Waals surface area contributed by atoms with Gasteiger partial charge in [-0.15, -0.1) is 0 Å². The molecule has 0 aliphatic rings. The molecule has 0 bridgehead atoms. The summed E-state index contributed by atoms with van der Waals surface area (Å²) in [4.78, 5) is 0. The third kappa shape index (κ3) is 607. The van der Waals surface area contributed by atoms with Crippen LogP contribution in [0, 0.1) is 0 Å². The molecule has 0 saturated heterocycles. The van der Waals surface area contributed by atoms with Crippen molar-refractivity contribution in [3.63, 3.8) is 0 Å². The standard InChI is InChI=1S/Co.K.H2O4S.6H2O/c;;1-5(2,3)4;;;;;;/h;;(H2,1,2,3,4);6*1H2/q+2;;;;;;;;/p-2. The molecule has 13 heavy (non-hydrogen) atoms. The van der Waals surface area contributed by atoms with E-state index in [-0.39, 0.29) is 101 Å². The summed E-state index contributed by atoms with van der Waals surface area (Å²) >= 11 is 0. The first-order chi connectivity index (χ1) is 2.00. The van der Waals surface area contributed by atoms with Gasteiger partial charge in [0.1, 0.15) is 0 Å². The van der Waals surface area contributed by atoms with Crippen LogP contribution < -0.4 is 0 Å². The molecule has 0 aliphatic carbocycles. The Labute approximate surface area is 127 Å². The van der Waals surface area contributed by atoms with Gasteiger partial charge < -0.3 is 42.0 Å². The van der Waals surface area contributed by atoms with E-state index < -0.39 is 10.4 Å². The molecule has 0 saturated carbocycles. The molecule has 0 fully saturated rings. The molecule has 0 aromatic rings. The topological polar surface area (TPSA) is 269 Å². The van der Waals surface area contributed by atoms with Crippen LogP contribution in [0.15, 0.2) is 0 Å². The summed E-state index contributed by atoms with van der Waals surface area (Å²) < 4.78 is 34.1. The van der Waals surface area contributed by atoms with Gasteiger partial charge in [-0.25, -0.2) is 0 Å². The maximum absolute atomic E-state index is 8.52. The molecule has 13 heteroatoms. The Morgan fingerprint density at radius 2 is 0.692 bits per heavy atom. The van der Waals surface area contributed by atoms with Crippen molar-refractivity contribution in [1.29, 1.82) is 0 Å². The predicted molar refractivity (Wildman–Crippen MR) is 37.9 cm³/mol. The summed E-state index contributed by atoms with van der Waals surface area (Å²) in [5, 5.41) is 0. The molecular weight excluding hydrogens is 290 g/mol. The molecule has 0 rings (SSSR count). The summed E-state index contributed by atoms with van der Waals surface area (Å²) in [5.74, 6) is 0. The van der Waals surface area contributed by atoms with Gasteiger partial charge in [0.05, 0.1) is 0 Å². The maximum Gasteiger partial charge on any atom is 2.00 e. The largest absolute Gasteiger partial charge is 2.00 e. The zero-order valence-corrected chi connectivity index (χ0v) is 11.4. The molecular formula is H12CoKO10S. The predicted octanol–water partition coefficient (Wildman–Crippen LogP) is -6.67. The van der Waals surface area contributed by atoms with Crippen LogP contribution in [-0.2, 0) is 27.2 Å². The quantitative estimate of drug-likeness (QED) is 0.239. The van der Waals surface area contributed by atoms with Crippen molar-refractivity contribution >= 4 is 61.8 Å². The SMILES string of the molecule is O.O.O.O.O.O.O=S(=O)([O-])[O-].[Co+2].[K]. The zero-order valence-electron chi connectivity index (χ0n) is 6.37. The summed E-state index contributed by atoms with van der Waals surface area (Å²) in [7, 11) is -5.17. The summed E-state index contributed by atoms with van der Waals surface area (Å²) in [5.41, 5.74) is 0. The van der Waals surface area contributed by atoms with Crippen molar-refractivity contribution in [3.05, 3.63) is 0 Å². The van der Waals surface area contributed by atoms with E-state index in [9.17, 15) is 0 Å². The van der Waals surface area contributed by atoms with E-state index >= 15 is 0 Å². The van der Waals surface area contributed by atoms with Crippen molar-refractivity contribution in [2.75, 3.05) is 0 Å². The van der Waals surface area contributed by atoms with Crippen LogP contribution in [0.4, 0.5) is 0 Å². The van der Waals surface area contributed by atoms with Gasteiger partial charge in [-0.3, -0.25) is 8.42 Å². The number of hydrogen-bond acceptors (Lipinski definition) is 4. The van der Waals surface area contributed by atoms with Gasteiger partial charge in [-0.05, 0) is 0 Å². The van der Waals surface area contributed by atoms with E-state index in [1.807, 2.05) is 0 Å². The molecule has 88 valence electrons. The molecule has 12 N–H and O–H groups in total. The summed E-state index contributed by atoms with van der Waals surface area (Å²) in [6.07, 6.45) is 0. The third-order valence-electron chi connectivity index (χ3n) is 0. The Kier molecular flexibility index (Phi) is 241. The minimum atomic E-state index is -5.17. The van der Waals surface area contributed by atoms with Crippen molar-refractivity contribution in [2.45, 2.75) is 0 Å². The fraction of sp³-hybridized carbons (Fsp3) is 0. The molecule has 0 aliphatic heterocycles. The molecule has 0 amide bonds. The molecule has 10 nitrogen and oxygen atoms in total. The van der Waals surface area contributed by atoms with Crippen LogP contribution in [-0.4, -0.2) is 102 Å². The van der Waals surface area contributed by atoms with Crippen LogP contribution in [0.2, 0.25) is 0 Å². The summed E-state index contributed by atoms with van der Waals surface area (Å²) in [6, 6.07) is 0. The van der Waals surface area contributed by atoms with Crippen LogP contribution >= 0.6 is 0 Å². The molecule has 0 spiro atoms. The average Bonchev–Trinajstić information content (AvgIpc) is 0.722. The minimum Gasteiger partial charge on any atom is -0.759 e. The third-order valence-corrected chi connectivity index (χ3v) is 0. The first-order valence-corrected chi connectivity index (χ1v) is 2.00. The van der Waals surface area contributed by atoms with E-state index in [2.05, 4.69) is 0 Å². The Hall–Kier alpha value is 1.77. The molecule has 0 aromatic heterocycles.